The van der Waals surface area contributed by atoms with Gasteiger partial charge in [0.2, 0.25) is 5.89 Å². The van der Waals surface area contributed by atoms with Crippen molar-refractivity contribution in [2.75, 3.05) is 13.1 Å². The van der Waals surface area contributed by atoms with Gasteiger partial charge in [-0.2, -0.15) is 4.98 Å². The Bertz CT molecular complexity index is 561. The molecule has 1 aliphatic heterocycles. The molecule has 2 aromatic rings. The highest BCUT2D eigenvalue weighted by molar-refractivity contribution is 6.31. The minimum atomic E-state index is -0.346. The second-order valence-corrected chi connectivity index (χ2v) is 5.02. The van der Waals surface area contributed by atoms with Crippen LogP contribution in [0, 0.1) is 5.82 Å². The summed E-state index contributed by atoms with van der Waals surface area (Å²) in [5.74, 6) is 1.00. The predicted octanol–water partition coefficient (Wildman–Crippen LogP) is 2.53. The van der Waals surface area contributed by atoms with E-state index in [0.717, 1.165) is 19.5 Å². The van der Waals surface area contributed by atoms with Gasteiger partial charge in [0.25, 0.3) is 0 Å². The van der Waals surface area contributed by atoms with Crippen molar-refractivity contribution in [2.24, 2.45) is 0 Å². The van der Waals surface area contributed by atoms with Gasteiger partial charge in [-0.1, -0.05) is 22.8 Å². The highest BCUT2D eigenvalue weighted by Crippen LogP contribution is 2.24. The van der Waals surface area contributed by atoms with Crippen LogP contribution < -0.4 is 5.32 Å². The molecule has 1 unspecified atom stereocenters. The molecule has 0 radical (unpaired) electrons. The molecule has 1 N–H and O–H groups in total. The zero-order chi connectivity index (χ0) is 13.2. The van der Waals surface area contributed by atoms with Gasteiger partial charge in [0.1, 0.15) is 5.82 Å². The van der Waals surface area contributed by atoms with E-state index in [1.807, 2.05) is 0 Å². The molecule has 1 atom stereocenters. The first-order valence-electron chi connectivity index (χ1n) is 6.20. The summed E-state index contributed by atoms with van der Waals surface area (Å²) in [6.45, 7) is 1.81. The molecule has 0 saturated carbocycles. The number of aromatic nitrogens is 2. The van der Waals surface area contributed by atoms with Crippen LogP contribution in [0.5, 0.6) is 0 Å². The van der Waals surface area contributed by atoms with Gasteiger partial charge in [0, 0.05) is 23.6 Å². The first-order valence-corrected chi connectivity index (χ1v) is 6.58. The number of benzene rings is 1. The van der Waals surface area contributed by atoms with Crippen molar-refractivity contribution in [3.05, 3.63) is 46.3 Å². The molecule has 1 aromatic carbocycles. The smallest absolute Gasteiger partial charge is 0.231 e. The number of halogens is 2. The van der Waals surface area contributed by atoms with Crippen LogP contribution >= 0.6 is 11.6 Å². The van der Waals surface area contributed by atoms with Crippen molar-refractivity contribution in [2.45, 2.75) is 18.8 Å². The maximum atomic E-state index is 13.7. The van der Waals surface area contributed by atoms with Gasteiger partial charge in [-0.15, -0.1) is 0 Å². The molecule has 4 nitrogen and oxygen atoms in total. The molecule has 1 saturated heterocycles. The van der Waals surface area contributed by atoms with Crippen LogP contribution in [0.1, 0.15) is 29.6 Å². The lowest BCUT2D eigenvalue weighted by Gasteiger charge is -2.02. The third-order valence-corrected chi connectivity index (χ3v) is 3.64. The Morgan fingerprint density at radius 1 is 1.47 bits per heavy atom. The summed E-state index contributed by atoms with van der Waals surface area (Å²) < 4.78 is 18.9. The molecule has 1 aromatic heterocycles. The first kappa shape index (κ1) is 12.6. The van der Waals surface area contributed by atoms with Gasteiger partial charge in [-0.3, -0.25) is 0 Å². The van der Waals surface area contributed by atoms with Gasteiger partial charge in [-0.05, 0) is 25.1 Å². The fourth-order valence-electron chi connectivity index (χ4n) is 2.23. The largest absolute Gasteiger partial charge is 0.339 e. The van der Waals surface area contributed by atoms with Gasteiger partial charge >= 0.3 is 0 Å². The van der Waals surface area contributed by atoms with Crippen molar-refractivity contribution < 1.29 is 8.91 Å². The predicted molar refractivity (Wildman–Crippen MR) is 68.7 cm³/mol. The monoisotopic (exact) mass is 281 g/mol. The summed E-state index contributed by atoms with van der Waals surface area (Å²) in [5.41, 5.74) is 0.404. The molecule has 19 heavy (non-hydrogen) atoms. The van der Waals surface area contributed by atoms with Crippen LogP contribution in [0.4, 0.5) is 4.39 Å². The van der Waals surface area contributed by atoms with Crippen LogP contribution in [-0.4, -0.2) is 23.2 Å². The van der Waals surface area contributed by atoms with Crippen molar-refractivity contribution in [1.29, 1.82) is 0 Å². The fraction of sp³-hybridized carbons (Fsp3) is 0.385. The Morgan fingerprint density at radius 3 is 3.11 bits per heavy atom. The number of hydrogen-bond acceptors (Lipinski definition) is 4. The minimum Gasteiger partial charge on any atom is -0.339 e. The molecule has 0 amide bonds. The molecular formula is C13H13ClFN3O. The maximum absolute atomic E-state index is 13.7. The summed E-state index contributed by atoms with van der Waals surface area (Å²) in [4.78, 5) is 4.33. The van der Waals surface area contributed by atoms with Crippen molar-refractivity contribution >= 4 is 11.6 Å². The topological polar surface area (TPSA) is 51.0 Å². The van der Waals surface area contributed by atoms with E-state index in [-0.39, 0.29) is 18.2 Å². The molecule has 0 spiro atoms. The van der Waals surface area contributed by atoms with Crippen molar-refractivity contribution in [1.82, 2.24) is 15.5 Å². The van der Waals surface area contributed by atoms with E-state index >= 15 is 0 Å². The van der Waals surface area contributed by atoms with Crippen LogP contribution in [0.3, 0.4) is 0 Å². The van der Waals surface area contributed by atoms with Gasteiger partial charge in [0.15, 0.2) is 5.82 Å². The Hall–Kier alpha value is -1.46. The summed E-state index contributed by atoms with van der Waals surface area (Å²) in [7, 11) is 0. The van der Waals surface area contributed by atoms with Gasteiger partial charge < -0.3 is 9.84 Å². The van der Waals surface area contributed by atoms with Crippen LogP contribution in [0.2, 0.25) is 5.02 Å². The van der Waals surface area contributed by atoms with Gasteiger partial charge in [0.05, 0.1) is 5.92 Å². The normalized spacial score (nSPS) is 18.9. The molecule has 2 heterocycles. The number of nitrogens with zero attached hydrogens (tertiary/aromatic N) is 2. The zero-order valence-corrected chi connectivity index (χ0v) is 11.0. The van der Waals surface area contributed by atoms with E-state index < -0.39 is 0 Å². The third-order valence-electron chi connectivity index (χ3n) is 3.29. The van der Waals surface area contributed by atoms with E-state index in [1.165, 1.54) is 6.07 Å². The average Bonchev–Trinajstić information content (AvgIpc) is 3.04. The van der Waals surface area contributed by atoms with E-state index in [2.05, 4.69) is 15.5 Å². The lowest BCUT2D eigenvalue weighted by molar-refractivity contribution is 0.355. The lowest BCUT2D eigenvalue weighted by atomic mass is 10.1. The average molecular weight is 282 g/mol. The second-order valence-electron chi connectivity index (χ2n) is 4.62. The lowest BCUT2D eigenvalue weighted by Crippen LogP contribution is -2.08. The van der Waals surface area contributed by atoms with E-state index in [9.17, 15) is 4.39 Å². The van der Waals surface area contributed by atoms with Crippen molar-refractivity contribution in [3.63, 3.8) is 0 Å². The highest BCUT2D eigenvalue weighted by atomic mass is 35.5. The molecule has 100 valence electrons. The maximum Gasteiger partial charge on any atom is 0.231 e. The standard InChI is InChI=1S/C13H13ClFN3O/c14-10-2-1-3-11(15)9(10)6-12-17-13(19-18-12)8-4-5-16-7-8/h1-3,8,16H,4-7H2. The summed E-state index contributed by atoms with van der Waals surface area (Å²) >= 11 is 5.98. The van der Waals surface area contributed by atoms with E-state index in [0.29, 0.717) is 22.3 Å². The quantitative estimate of drug-likeness (QED) is 0.939. The molecule has 0 aliphatic carbocycles. The van der Waals surface area contributed by atoms with Crippen LogP contribution in [0.15, 0.2) is 22.7 Å². The van der Waals surface area contributed by atoms with Crippen molar-refractivity contribution in [3.8, 4) is 0 Å². The first-order chi connectivity index (χ1) is 9.24. The van der Waals surface area contributed by atoms with Gasteiger partial charge in [-0.25, -0.2) is 4.39 Å². The Kier molecular flexibility index (Phi) is 3.48. The highest BCUT2D eigenvalue weighted by Gasteiger charge is 2.23. The molecular weight excluding hydrogens is 269 g/mol. The van der Waals surface area contributed by atoms with Crippen LogP contribution in [0.25, 0.3) is 0 Å². The molecule has 1 fully saturated rings. The van der Waals surface area contributed by atoms with E-state index in [1.54, 1.807) is 12.1 Å². The molecule has 6 heteroatoms. The molecule has 0 bridgehead atoms. The summed E-state index contributed by atoms with van der Waals surface area (Å²) in [5, 5.41) is 7.52. The Morgan fingerprint density at radius 2 is 2.37 bits per heavy atom. The Labute approximate surface area is 115 Å². The van der Waals surface area contributed by atoms with Crippen LogP contribution in [-0.2, 0) is 6.42 Å². The molecule has 1 aliphatic rings. The third kappa shape index (κ3) is 2.62. The Balaban J connectivity index is 1.80. The SMILES string of the molecule is Fc1cccc(Cl)c1Cc1noc(C2CCNC2)n1. The summed E-state index contributed by atoms with van der Waals surface area (Å²) in [6, 6.07) is 4.61. The molecule has 3 rings (SSSR count). The minimum absolute atomic E-state index is 0.245. The van der Waals surface area contributed by atoms with E-state index in [4.69, 9.17) is 16.1 Å². The number of rotatable bonds is 3. The fourth-order valence-corrected chi connectivity index (χ4v) is 2.46. The summed E-state index contributed by atoms with van der Waals surface area (Å²) in [6.07, 6.45) is 1.23. The number of hydrogen-bond donors (Lipinski definition) is 1. The zero-order valence-electron chi connectivity index (χ0n) is 10.2. The second kappa shape index (κ2) is 5.27. The number of nitrogens with one attached hydrogen (secondary N) is 1.